The summed E-state index contributed by atoms with van der Waals surface area (Å²) in [5, 5.41) is 11.8. The van der Waals surface area contributed by atoms with Gasteiger partial charge in [0.2, 0.25) is 0 Å². The summed E-state index contributed by atoms with van der Waals surface area (Å²) in [5.74, 6) is 0.751. The van der Waals surface area contributed by atoms with E-state index in [1.54, 1.807) is 0 Å². The minimum Gasteiger partial charge on any atom is -0.479 e. The highest BCUT2D eigenvalue weighted by molar-refractivity contribution is 5.27. The molecule has 1 aromatic carbocycles. The lowest BCUT2D eigenvalue weighted by Crippen LogP contribution is -2.14. The fourth-order valence-electron chi connectivity index (χ4n) is 1.55. The Bertz CT molecular complexity index is 340. The van der Waals surface area contributed by atoms with Gasteiger partial charge < -0.3 is 10.1 Å². The van der Waals surface area contributed by atoms with E-state index in [1.165, 1.54) is 24.8 Å². The second-order valence-corrected chi connectivity index (χ2v) is 3.97. The van der Waals surface area contributed by atoms with Crippen LogP contribution in [0.15, 0.2) is 24.3 Å². The Morgan fingerprint density at radius 1 is 1.24 bits per heavy atom. The summed E-state index contributed by atoms with van der Waals surface area (Å²) in [6.07, 6.45) is 3.78. The Labute approximate surface area is 103 Å². The third kappa shape index (κ3) is 5.94. The van der Waals surface area contributed by atoms with Crippen LogP contribution in [0.3, 0.4) is 0 Å². The number of benzene rings is 1. The molecule has 0 aliphatic carbocycles. The smallest absolute Gasteiger partial charge is 0.174 e. The molecule has 0 aliphatic heterocycles. The first kappa shape index (κ1) is 13.5. The molecule has 0 radical (unpaired) electrons. The van der Waals surface area contributed by atoms with E-state index in [1.807, 2.05) is 30.3 Å². The van der Waals surface area contributed by atoms with Crippen LogP contribution < -0.4 is 10.1 Å². The van der Waals surface area contributed by atoms with Gasteiger partial charge in [-0.2, -0.15) is 5.26 Å². The molecule has 0 amide bonds. The monoisotopic (exact) mass is 232 g/mol. The van der Waals surface area contributed by atoms with Gasteiger partial charge in [-0.25, -0.2) is 0 Å². The summed E-state index contributed by atoms with van der Waals surface area (Å²) in [7, 11) is 0. The first-order valence-electron chi connectivity index (χ1n) is 6.16. The van der Waals surface area contributed by atoms with Crippen LogP contribution in [0.4, 0.5) is 0 Å². The van der Waals surface area contributed by atoms with Crippen LogP contribution in [0.25, 0.3) is 0 Å². The van der Waals surface area contributed by atoms with E-state index in [-0.39, 0.29) is 6.61 Å². The lowest BCUT2D eigenvalue weighted by molar-refractivity contribution is 0.368. The Morgan fingerprint density at radius 3 is 2.65 bits per heavy atom. The van der Waals surface area contributed by atoms with Crippen molar-refractivity contribution < 1.29 is 4.74 Å². The zero-order valence-electron chi connectivity index (χ0n) is 10.4. The molecule has 1 rings (SSSR count). The van der Waals surface area contributed by atoms with Crippen LogP contribution in [-0.2, 0) is 6.54 Å². The highest BCUT2D eigenvalue weighted by atomic mass is 16.5. The van der Waals surface area contributed by atoms with Crippen LogP contribution in [0.2, 0.25) is 0 Å². The van der Waals surface area contributed by atoms with Gasteiger partial charge in [0.05, 0.1) is 0 Å². The van der Waals surface area contributed by atoms with Gasteiger partial charge in [0.15, 0.2) is 6.61 Å². The molecule has 0 saturated carbocycles. The topological polar surface area (TPSA) is 45.0 Å². The largest absolute Gasteiger partial charge is 0.479 e. The molecular formula is C14H20N2O. The predicted molar refractivity (Wildman–Crippen MR) is 68.8 cm³/mol. The molecule has 0 unspecified atom stereocenters. The Hall–Kier alpha value is -1.53. The molecule has 3 heteroatoms. The van der Waals surface area contributed by atoms with Gasteiger partial charge in [0.25, 0.3) is 0 Å². The molecule has 0 saturated heterocycles. The lowest BCUT2D eigenvalue weighted by Gasteiger charge is -2.06. The normalized spacial score (nSPS) is 9.88. The van der Waals surface area contributed by atoms with Gasteiger partial charge in [-0.05, 0) is 30.7 Å². The van der Waals surface area contributed by atoms with E-state index in [0.29, 0.717) is 0 Å². The zero-order chi connectivity index (χ0) is 12.3. The van der Waals surface area contributed by atoms with Crippen molar-refractivity contribution in [3.05, 3.63) is 29.8 Å². The quantitative estimate of drug-likeness (QED) is 0.701. The third-order valence-corrected chi connectivity index (χ3v) is 2.51. The molecule has 0 heterocycles. The molecule has 0 fully saturated rings. The predicted octanol–water partition coefficient (Wildman–Crippen LogP) is 2.87. The van der Waals surface area contributed by atoms with E-state index in [0.717, 1.165) is 18.8 Å². The molecule has 0 aromatic heterocycles. The summed E-state index contributed by atoms with van der Waals surface area (Å²) < 4.78 is 5.19. The fourth-order valence-corrected chi connectivity index (χ4v) is 1.55. The van der Waals surface area contributed by atoms with Crippen molar-refractivity contribution in [1.82, 2.24) is 5.32 Å². The van der Waals surface area contributed by atoms with Crippen LogP contribution in [0.1, 0.15) is 31.7 Å². The molecule has 1 aromatic rings. The summed E-state index contributed by atoms with van der Waals surface area (Å²) in [6.45, 7) is 4.28. The SMILES string of the molecule is CCCCCNCc1ccc(OCC#N)cc1. The number of hydrogen-bond donors (Lipinski definition) is 1. The van der Waals surface area contributed by atoms with Crippen molar-refractivity contribution in [2.75, 3.05) is 13.2 Å². The van der Waals surface area contributed by atoms with Gasteiger partial charge >= 0.3 is 0 Å². The van der Waals surface area contributed by atoms with E-state index in [2.05, 4.69) is 12.2 Å². The molecule has 3 nitrogen and oxygen atoms in total. The first-order chi connectivity index (χ1) is 8.36. The number of nitrogens with zero attached hydrogens (tertiary/aromatic N) is 1. The summed E-state index contributed by atoms with van der Waals surface area (Å²) >= 11 is 0. The Morgan fingerprint density at radius 2 is 2.00 bits per heavy atom. The van der Waals surface area contributed by atoms with Crippen molar-refractivity contribution >= 4 is 0 Å². The third-order valence-electron chi connectivity index (χ3n) is 2.51. The van der Waals surface area contributed by atoms with E-state index >= 15 is 0 Å². The average Bonchev–Trinajstić information content (AvgIpc) is 2.37. The number of rotatable bonds is 8. The minimum absolute atomic E-state index is 0.106. The Balaban J connectivity index is 2.23. The van der Waals surface area contributed by atoms with E-state index < -0.39 is 0 Å². The highest BCUT2D eigenvalue weighted by Gasteiger charge is 1.95. The van der Waals surface area contributed by atoms with Crippen molar-refractivity contribution in [1.29, 1.82) is 5.26 Å². The van der Waals surface area contributed by atoms with Gasteiger partial charge in [-0.1, -0.05) is 31.9 Å². The van der Waals surface area contributed by atoms with Crippen molar-refractivity contribution in [2.24, 2.45) is 0 Å². The molecule has 17 heavy (non-hydrogen) atoms. The van der Waals surface area contributed by atoms with E-state index in [9.17, 15) is 0 Å². The van der Waals surface area contributed by atoms with Gasteiger partial charge in [0.1, 0.15) is 11.8 Å². The molecular weight excluding hydrogens is 212 g/mol. The number of ether oxygens (including phenoxy) is 1. The Kier molecular flexibility index (Phi) is 6.85. The molecule has 1 N–H and O–H groups in total. The molecule has 0 atom stereocenters. The van der Waals surface area contributed by atoms with Crippen molar-refractivity contribution in [3.63, 3.8) is 0 Å². The maximum absolute atomic E-state index is 8.38. The minimum atomic E-state index is 0.106. The molecule has 0 aliphatic rings. The highest BCUT2D eigenvalue weighted by Crippen LogP contribution is 2.11. The van der Waals surface area contributed by atoms with Gasteiger partial charge in [-0.15, -0.1) is 0 Å². The summed E-state index contributed by atoms with van der Waals surface area (Å²) in [6, 6.07) is 9.81. The van der Waals surface area contributed by atoms with Crippen LogP contribution in [-0.4, -0.2) is 13.2 Å². The van der Waals surface area contributed by atoms with Gasteiger partial charge in [0, 0.05) is 6.54 Å². The van der Waals surface area contributed by atoms with E-state index in [4.69, 9.17) is 10.00 Å². The molecule has 0 bridgehead atoms. The maximum Gasteiger partial charge on any atom is 0.174 e. The second kappa shape index (κ2) is 8.60. The first-order valence-corrected chi connectivity index (χ1v) is 6.16. The number of nitrogens with one attached hydrogen (secondary N) is 1. The van der Waals surface area contributed by atoms with Crippen LogP contribution in [0.5, 0.6) is 5.75 Å². The molecule has 0 spiro atoms. The lowest BCUT2D eigenvalue weighted by atomic mass is 10.2. The van der Waals surface area contributed by atoms with Crippen molar-refractivity contribution in [2.45, 2.75) is 32.7 Å². The van der Waals surface area contributed by atoms with Crippen molar-refractivity contribution in [3.8, 4) is 11.8 Å². The number of unbranched alkanes of at least 4 members (excludes halogenated alkanes) is 2. The molecule has 92 valence electrons. The van der Waals surface area contributed by atoms with Crippen LogP contribution >= 0.6 is 0 Å². The van der Waals surface area contributed by atoms with Crippen LogP contribution in [0, 0.1) is 11.3 Å². The average molecular weight is 232 g/mol. The summed E-state index contributed by atoms with van der Waals surface area (Å²) in [4.78, 5) is 0. The zero-order valence-corrected chi connectivity index (χ0v) is 10.4. The summed E-state index contributed by atoms with van der Waals surface area (Å²) in [5.41, 5.74) is 1.24. The number of nitriles is 1. The number of hydrogen-bond acceptors (Lipinski definition) is 3. The fraction of sp³-hybridized carbons (Fsp3) is 0.500. The maximum atomic E-state index is 8.38. The standard InChI is InChI=1S/C14H20N2O/c1-2-3-4-10-16-12-13-5-7-14(8-6-13)17-11-9-15/h5-8,16H,2-4,10-12H2,1H3. The second-order valence-electron chi connectivity index (χ2n) is 3.97. The van der Waals surface area contributed by atoms with Gasteiger partial charge in [-0.3, -0.25) is 0 Å².